The number of carbonyl (C=O) groups excluding carboxylic acids is 1. The van der Waals surface area contributed by atoms with Crippen molar-refractivity contribution in [3.63, 3.8) is 0 Å². The van der Waals surface area contributed by atoms with Crippen molar-refractivity contribution in [1.82, 2.24) is 15.2 Å². The van der Waals surface area contributed by atoms with Crippen LogP contribution in [0, 0.1) is 0 Å². The number of fused-ring (bicyclic) bond motifs is 1. The minimum absolute atomic E-state index is 0.0389. The molecule has 24 heavy (non-hydrogen) atoms. The van der Waals surface area contributed by atoms with Gasteiger partial charge in [0.15, 0.2) is 0 Å². The second-order valence-electron chi connectivity index (χ2n) is 6.35. The first-order valence-corrected chi connectivity index (χ1v) is 8.76. The Bertz CT molecular complexity index is 684. The summed E-state index contributed by atoms with van der Waals surface area (Å²) in [6.07, 6.45) is 6.00. The van der Waals surface area contributed by atoms with Gasteiger partial charge in [0.25, 0.3) is 5.91 Å². The van der Waals surface area contributed by atoms with Crippen molar-refractivity contribution in [2.45, 2.75) is 31.7 Å². The van der Waals surface area contributed by atoms with E-state index in [-0.39, 0.29) is 12.5 Å². The molecule has 128 valence electrons. The lowest BCUT2D eigenvalue weighted by Crippen LogP contribution is -2.33. The fourth-order valence-electron chi connectivity index (χ4n) is 3.43. The van der Waals surface area contributed by atoms with Crippen LogP contribution in [-0.4, -0.2) is 53.2 Å². The van der Waals surface area contributed by atoms with Crippen molar-refractivity contribution in [2.75, 3.05) is 26.2 Å². The molecule has 2 N–H and O–H groups in total. The summed E-state index contributed by atoms with van der Waals surface area (Å²) in [5.41, 5.74) is 1.52. The van der Waals surface area contributed by atoms with Crippen molar-refractivity contribution in [2.24, 2.45) is 0 Å². The Morgan fingerprint density at radius 3 is 3.08 bits per heavy atom. The Hall–Kier alpha value is -1.98. The molecule has 3 rings (SSSR count). The summed E-state index contributed by atoms with van der Waals surface area (Å²) < 4.78 is 0. The number of rotatable bonds is 7. The highest BCUT2D eigenvalue weighted by Gasteiger charge is 2.22. The summed E-state index contributed by atoms with van der Waals surface area (Å²) in [5, 5.41) is 13.2. The predicted molar refractivity (Wildman–Crippen MR) is 95.0 cm³/mol. The third-order valence-electron chi connectivity index (χ3n) is 4.76. The minimum Gasteiger partial charge on any atom is -0.395 e. The number of nitrogens with zero attached hydrogens (tertiary/aromatic N) is 2. The standard InChI is InChI=1S/C19H25N3O2/c23-14-15-6-5-13-22(15)12-2-1-10-21-19(24)17-7-3-9-18-16(17)8-4-11-20-18/h3-4,7-9,11,15,23H,1-2,5-6,10,12-14H2,(H,21,24). The van der Waals surface area contributed by atoms with Crippen LogP contribution in [0.2, 0.25) is 0 Å². The van der Waals surface area contributed by atoms with Gasteiger partial charge in [0.05, 0.1) is 12.1 Å². The van der Waals surface area contributed by atoms with Crippen molar-refractivity contribution in [1.29, 1.82) is 0 Å². The smallest absolute Gasteiger partial charge is 0.251 e. The molecular formula is C19H25N3O2. The van der Waals surface area contributed by atoms with Crippen molar-refractivity contribution in [3.05, 3.63) is 42.1 Å². The van der Waals surface area contributed by atoms with Gasteiger partial charge in [0.1, 0.15) is 0 Å². The summed E-state index contributed by atoms with van der Waals surface area (Å²) in [7, 11) is 0. The molecule has 1 aromatic carbocycles. The zero-order chi connectivity index (χ0) is 16.8. The number of hydrogen-bond acceptors (Lipinski definition) is 4. The molecule has 0 aliphatic carbocycles. The largest absolute Gasteiger partial charge is 0.395 e. The minimum atomic E-state index is -0.0389. The molecule has 1 fully saturated rings. The van der Waals surface area contributed by atoms with Gasteiger partial charge in [-0.3, -0.25) is 14.7 Å². The molecule has 5 heteroatoms. The first kappa shape index (κ1) is 16.9. The van der Waals surface area contributed by atoms with Gasteiger partial charge in [-0.2, -0.15) is 0 Å². The van der Waals surface area contributed by atoms with Gasteiger partial charge in [0, 0.05) is 29.7 Å². The topological polar surface area (TPSA) is 65.5 Å². The number of aliphatic hydroxyl groups excluding tert-OH is 1. The molecule has 2 heterocycles. The van der Waals surface area contributed by atoms with Crippen LogP contribution < -0.4 is 5.32 Å². The van der Waals surface area contributed by atoms with Crippen LogP contribution in [0.15, 0.2) is 36.5 Å². The third kappa shape index (κ3) is 3.91. The molecule has 1 unspecified atom stereocenters. The molecule has 1 saturated heterocycles. The van der Waals surface area contributed by atoms with E-state index >= 15 is 0 Å². The molecule has 0 radical (unpaired) electrons. The van der Waals surface area contributed by atoms with E-state index < -0.39 is 0 Å². The first-order chi connectivity index (χ1) is 11.8. The van der Waals surface area contributed by atoms with E-state index in [1.165, 1.54) is 6.42 Å². The molecule has 5 nitrogen and oxygen atoms in total. The van der Waals surface area contributed by atoms with Crippen molar-refractivity contribution < 1.29 is 9.90 Å². The molecule has 1 aliphatic heterocycles. The summed E-state index contributed by atoms with van der Waals surface area (Å²) in [6, 6.07) is 9.75. The molecule has 0 bridgehead atoms. The van der Waals surface area contributed by atoms with Crippen LogP contribution >= 0.6 is 0 Å². The molecule has 1 aliphatic rings. The average molecular weight is 327 g/mol. The second kappa shape index (κ2) is 8.22. The van der Waals surface area contributed by atoms with E-state index in [1.54, 1.807) is 6.20 Å². The first-order valence-electron chi connectivity index (χ1n) is 8.76. The van der Waals surface area contributed by atoms with E-state index in [9.17, 15) is 9.90 Å². The van der Waals surface area contributed by atoms with Gasteiger partial charge in [-0.05, 0) is 57.0 Å². The van der Waals surface area contributed by atoms with Crippen LogP contribution in [-0.2, 0) is 0 Å². The van der Waals surface area contributed by atoms with Crippen molar-refractivity contribution >= 4 is 16.8 Å². The summed E-state index contributed by atoms with van der Waals surface area (Å²) in [5.74, 6) is -0.0389. The van der Waals surface area contributed by atoms with Crippen LogP contribution in [0.4, 0.5) is 0 Å². The average Bonchev–Trinajstić information content (AvgIpc) is 3.08. The van der Waals surface area contributed by atoms with Crippen LogP contribution in [0.25, 0.3) is 10.9 Å². The third-order valence-corrected chi connectivity index (χ3v) is 4.76. The molecule has 1 amide bonds. The summed E-state index contributed by atoms with van der Waals surface area (Å²) in [6.45, 7) is 3.01. The van der Waals surface area contributed by atoms with Crippen LogP contribution in [0.1, 0.15) is 36.0 Å². The Kier molecular flexibility index (Phi) is 5.77. The van der Waals surface area contributed by atoms with E-state index in [1.807, 2.05) is 30.3 Å². The van der Waals surface area contributed by atoms with E-state index in [0.717, 1.165) is 43.3 Å². The number of nitrogens with one attached hydrogen (secondary N) is 1. The maximum Gasteiger partial charge on any atom is 0.251 e. The van der Waals surface area contributed by atoms with E-state index in [2.05, 4.69) is 15.2 Å². The zero-order valence-electron chi connectivity index (χ0n) is 13.9. The lowest BCUT2D eigenvalue weighted by molar-refractivity contribution is 0.0954. The maximum atomic E-state index is 12.4. The molecule has 0 saturated carbocycles. The number of amides is 1. The maximum absolute atomic E-state index is 12.4. The second-order valence-corrected chi connectivity index (χ2v) is 6.35. The highest BCUT2D eigenvalue weighted by molar-refractivity contribution is 6.06. The fraction of sp³-hybridized carbons (Fsp3) is 0.474. The number of pyridine rings is 1. The van der Waals surface area contributed by atoms with Gasteiger partial charge in [0.2, 0.25) is 0 Å². The summed E-state index contributed by atoms with van der Waals surface area (Å²) in [4.78, 5) is 19.0. The molecule has 0 spiro atoms. The van der Waals surface area contributed by atoms with Gasteiger partial charge in [-0.25, -0.2) is 0 Å². The normalized spacial score (nSPS) is 18.1. The van der Waals surface area contributed by atoms with Gasteiger partial charge >= 0.3 is 0 Å². The Balaban J connectivity index is 1.46. The zero-order valence-corrected chi connectivity index (χ0v) is 13.9. The quantitative estimate of drug-likeness (QED) is 0.765. The van der Waals surface area contributed by atoms with Crippen LogP contribution in [0.3, 0.4) is 0 Å². The lowest BCUT2D eigenvalue weighted by atomic mass is 10.1. The van der Waals surface area contributed by atoms with Gasteiger partial charge in [-0.1, -0.05) is 12.1 Å². The predicted octanol–water partition coefficient (Wildman–Crippen LogP) is 2.20. The Labute approximate surface area is 142 Å². The SMILES string of the molecule is O=C(NCCCCN1CCCC1CO)c1cccc2ncccc12. The highest BCUT2D eigenvalue weighted by Crippen LogP contribution is 2.17. The highest BCUT2D eigenvalue weighted by atomic mass is 16.3. The monoisotopic (exact) mass is 327 g/mol. The number of hydrogen-bond donors (Lipinski definition) is 2. The Morgan fingerprint density at radius 2 is 2.21 bits per heavy atom. The molecule has 1 aromatic heterocycles. The molecular weight excluding hydrogens is 302 g/mol. The van der Waals surface area contributed by atoms with Gasteiger partial charge < -0.3 is 10.4 Å². The molecule has 2 aromatic rings. The van der Waals surface area contributed by atoms with Gasteiger partial charge in [-0.15, -0.1) is 0 Å². The Morgan fingerprint density at radius 1 is 1.29 bits per heavy atom. The number of unbranched alkanes of at least 4 members (excludes halogenated alkanes) is 1. The number of aromatic nitrogens is 1. The van der Waals surface area contributed by atoms with E-state index in [0.29, 0.717) is 18.2 Å². The number of likely N-dealkylation sites (tertiary alicyclic amines) is 1. The fourth-order valence-corrected chi connectivity index (χ4v) is 3.43. The summed E-state index contributed by atoms with van der Waals surface area (Å²) >= 11 is 0. The van der Waals surface area contributed by atoms with Crippen molar-refractivity contribution in [3.8, 4) is 0 Å². The number of carbonyl (C=O) groups is 1. The lowest BCUT2D eigenvalue weighted by Gasteiger charge is -2.22. The number of aliphatic hydroxyl groups is 1. The number of benzene rings is 1. The molecule has 1 atom stereocenters. The van der Waals surface area contributed by atoms with E-state index in [4.69, 9.17) is 0 Å². The van der Waals surface area contributed by atoms with Crippen LogP contribution in [0.5, 0.6) is 0 Å².